The van der Waals surface area contributed by atoms with Crippen molar-refractivity contribution >= 4 is 5.91 Å². The number of nitrogens with one attached hydrogen (secondary N) is 2. The number of aromatic amines is 1. The molecule has 2 aromatic heterocycles. The summed E-state index contributed by atoms with van der Waals surface area (Å²) in [5, 5.41) is 13.9. The van der Waals surface area contributed by atoms with Crippen LogP contribution in [0.5, 0.6) is 11.6 Å². The fourth-order valence-corrected chi connectivity index (χ4v) is 2.98. The van der Waals surface area contributed by atoms with Gasteiger partial charge in [-0.05, 0) is 19.3 Å². The maximum atomic E-state index is 12.3. The molecule has 1 aliphatic carbocycles. The van der Waals surface area contributed by atoms with Gasteiger partial charge in [-0.15, -0.1) is 0 Å². The first-order valence-electron chi connectivity index (χ1n) is 7.46. The molecule has 3 heterocycles. The van der Waals surface area contributed by atoms with E-state index >= 15 is 0 Å². The highest BCUT2D eigenvalue weighted by Crippen LogP contribution is 2.25. The van der Waals surface area contributed by atoms with E-state index in [-0.39, 0.29) is 18.1 Å². The lowest BCUT2D eigenvalue weighted by molar-refractivity contribution is 0.0888. The van der Waals surface area contributed by atoms with Gasteiger partial charge in [0, 0.05) is 6.07 Å². The lowest BCUT2D eigenvalue weighted by Gasteiger charge is -2.21. The van der Waals surface area contributed by atoms with Crippen LogP contribution in [0.15, 0.2) is 18.5 Å². The first-order valence-corrected chi connectivity index (χ1v) is 7.46. The average molecular weight is 303 g/mol. The molecule has 1 amide bonds. The molecule has 8 heteroatoms. The highest BCUT2D eigenvalue weighted by atomic mass is 16.5. The Kier molecular flexibility index (Phi) is 3.21. The number of nitrogens with zero attached hydrogens (tertiary/aromatic N) is 3. The summed E-state index contributed by atoms with van der Waals surface area (Å²) in [4.78, 5) is 12.3. The Hall–Kier alpha value is -2.51. The van der Waals surface area contributed by atoms with Crippen LogP contribution in [0.4, 0.5) is 0 Å². The highest BCUT2D eigenvalue weighted by Gasteiger charge is 2.31. The second kappa shape index (κ2) is 5.36. The number of aromatic nitrogens is 4. The number of carbonyl (C=O) groups is 1. The van der Waals surface area contributed by atoms with E-state index in [1.165, 1.54) is 0 Å². The molecule has 0 unspecified atom stereocenters. The molecule has 2 aliphatic rings. The molecule has 116 valence electrons. The van der Waals surface area contributed by atoms with Crippen LogP contribution < -0.4 is 14.8 Å². The summed E-state index contributed by atoms with van der Waals surface area (Å²) in [6.07, 6.45) is 6.14. The van der Waals surface area contributed by atoms with Crippen molar-refractivity contribution in [3.8, 4) is 11.6 Å². The van der Waals surface area contributed by atoms with E-state index < -0.39 is 0 Å². The maximum Gasteiger partial charge on any atom is 0.272 e. The molecule has 2 N–H and O–H groups in total. The van der Waals surface area contributed by atoms with Crippen LogP contribution in [-0.4, -0.2) is 44.6 Å². The lowest BCUT2D eigenvalue weighted by Crippen LogP contribution is -2.42. The van der Waals surface area contributed by atoms with Gasteiger partial charge in [-0.25, -0.2) is 4.68 Å². The molecule has 22 heavy (non-hydrogen) atoms. The number of amides is 1. The number of carbonyl (C=O) groups excluding carboxylic acids is 1. The normalized spacial score (nSPS) is 23.1. The number of H-pyrrole nitrogens is 1. The molecule has 2 atom stereocenters. The number of ether oxygens (including phenoxy) is 2. The largest absolute Gasteiger partial charge is 0.485 e. The summed E-state index contributed by atoms with van der Waals surface area (Å²) in [5.41, 5.74) is 0.392. The Morgan fingerprint density at radius 3 is 3.27 bits per heavy atom. The molecule has 0 aromatic carbocycles. The molecule has 0 radical (unpaired) electrons. The third kappa shape index (κ3) is 2.40. The van der Waals surface area contributed by atoms with Crippen LogP contribution >= 0.6 is 0 Å². The van der Waals surface area contributed by atoms with E-state index in [0.29, 0.717) is 30.5 Å². The predicted octanol–water partition coefficient (Wildman–Crippen LogP) is 0.728. The van der Waals surface area contributed by atoms with Crippen molar-refractivity contribution < 1.29 is 14.3 Å². The van der Waals surface area contributed by atoms with Crippen LogP contribution in [0.1, 0.15) is 29.8 Å². The van der Waals surface area contributed by atoms with Gasteiger partial charge in [-0.1, -0.05) is 0 Å². The molecule has 8 nitrogen and oxygen atoms in total. The molecule has 0 spiro atoms. The Morgan fingerprint density at radius 2 is 2.45 bits per heavy atom. The number of rotatable bonds is 4. The van der Waals surface area contributed by atoms with Crippen molar-refractivity contribution in [1.82, 2.24) is 25.3 Å². The average Bonchev–Trinajstić information content (AvgIpc) is 3.22. The van der Waals surface area contributed by atoms with Gasteiger partial charge in [0.2, 0.25) is 5.88 Å². The fourth-order valence-electron chi connectivity index (χ4n) is 2.98. The van der Waals surface area contributed by atoms with Crippen LogP contribution in [0, 0.1) is 0 Å². The van der Waals surface area contributed by atoms with Crippen molar-refractivity contribution in [2.24, 2.45) is 0 Å². The van der Waals surface area contributed by atoms with Crippen molar-refractivity contribution in [1.29, 1.82) is 0 Å². The zero-order valence-electron chi connectivity index (χ0n) is 12.0. The third-order valence-corrected chi connectivity index (χ3v) is 4.06. The zero-order valence-corrected chi connectivity index (χ0v) is 12.0. The van der Waals surface area contributed by atoms with Crippen LogP contribution in [0.3, 0.4) is 0 Å². The Labute approximate surface area is 126 Å². The van der Waals surface area contributed by atoms with E-state index in [0.717, 1.165) is 19.3 Å². The molecule has 0 saturated heterocycles. The summed E-state index contributed by atoms with van der Waals surface area (Å²) in [7, 11) is 0. The summed E-state index contributed by atoms with van der Waals surface area (Å²) in [6.45, 7) is 1.31. The Morgan fingerprint density at radius 1 is 1.50 bits per heavy atom. The van der Waals surface area contributed by atoms with E-state index in [4.69, 9.17) is 9.47 Å². The van der Waals surface area contributed by atoms with E-state index in [9.17, 15) is 4.79 Å². The van der Waals surface area contributed by atoms with Crippen LogP contribution in [0.25, 0.3) is 0 Å². The minimum atomic E-state index is -0.182. The quantitative estimate of drug-likeness (QED) is 0.868. The lowest BCUT2D eigenvalue weighted by atomic mass is 10.2. The minimum Gasteiger partial charge on any atom is -0.485 e. The van der Waals surface area contributed by atoms with E-state index in [2.05, 4.69) is 20.6 Å². The first kappa shape index (κ1) is 13.2. The molecule has 1 saturated carbocycles. The SMILES string of the molecule is O=C(N[C@H]1CCC[C@H]1Oc1cn[nH]c1)c1cc2n(n1)CCO2. The summed E-state index contributed by atoms with van der Waals surface area (Å²) in [5.74, 6) is 1.17. The summed E-state index contributed by atoms with van der Waals surface area (Å²) in [6, 6.07) is 1.67. The number of hydrogen-bond donors (Lipinski definition) is 2. The van der Waals surface area contributed by atoms with Gasteiger partial charge in [-0.3, -0.25) is 9.89 Å². The number of hydrogen-bond acceptors (Lipinski definition) is 5. The maximum absolute atomic E-state index is 12.3. The van der Waals surface area contributed by atoms with Crippen molar-refractivity contribution in [3.63, 3.8) is 0 Å². The van der Waals surface area contributed by atoms with Gasteiger partial charge in [-0.2, -0.15) is 10.2 Å². The zero-order chi connectivity index (χ0) is 14.9. The van der Waals surface area contributed by atoms with Crippen LogP contribution in [-0.2, 0) is 6.54 Å². The van der Waals surface area contributed by atoms with Crippen molar-refractivity contribution in [2.75, 3.05) is 6.61 Å². The second-order valence-corrected chi connectivity index (χ2v) is 5.54. The fraction of sp³-hybridized carbons (Fsp3) is 0.500. The third-order valence-electron chi connectivity index (χ3n) is 4.06. The summed E-state index contributed by atoms with van der Waals surface area (Å²) < 4.78 is 13.0. The van der Waals surface area contributed by atoms with Crippen LogP contribution in [0.2, 0.25) is 0 Å². The topological polar surface area (TPSA) is 94.1 Å². The molecular formula is C14H17N5O3. The molecule has 2 aromatic rings. The Balaban J connectivity index is 1.41. The molecular weight excluding hydrogens is 286 g/mol. The molecule has 4 rings (SSSR count). The van der Waals surface area contributed by atoms with Crippen molar-refractivity contribution in [2.45, 2.75) is 38.0 Å². The van der Waals surface area contributed by atoms with Gasteiger partial charge in [0.05, 0.1) is 25.0 Å². The summed E-state index contributed by atoms with van der Waals surface area (Å²) >= 11 is 0. The smallest absolute Gasteiger partial charge is 0.272 e. The van der Waals surface area contributed by atoms with E-state index in [1.54, 1.807) is 23.1 Å². The van der Waals surface area contributed by atoms with Gasteiger partial charge in [0.15, 0.2) is 11.4 Å². The minimum absolute atomic E-state index is 0.0140. The first-order chi connectivity index (χ1) is 10.8. The van der Waals surface area contributed by atoms with Crippen molar-refractivity contribution in [3.05, 3.63) is 24.2 Å². The van der Waals surface area contributed by atoms with Gasteiger partial charge < -0.3 is 14.8 Å². The molecule has 1 aliphatic heterocycles. The van der Waals surface area contributed by atoms with Gasteiger partial charge in [0.1, 0.15) is 12.7 Å². The Bertz CT molecular complexity index is 645. The second-order valence-electron chi connectivity index (χ2n) is 5.54. The number of fused-ring (bicyclic) bond motifs is 1. The molecule has 1 fully saturated rings. The highest BCUT2D eigenvalue weighted by molar-refractivity contribution is 5.92. The molecule has 0 bridgehead atoms. The van der Waals surface area contributed by atoms with Gasteiger partial charge >= 0.3 is 0 Å². The standard InChI is InChI=1S/C14H17N5O3/c20-14(11-6-13-19(18-11)4-5-21-13)17-10-2-1-3-12(10)22-9-7-15-16-8-9/h6-8,10,12H,1-5H2,(H,15,16)(H,17,20)/t10-,12+/m0/s1. The van der Waals surface area contributed by atoms with E-state index in [1.807, 2.05) is 0 Å². The predicted molar refractivity (Wildman–Crippen MR) is 75.8 cm³/mol. The van der Waals surface area contributed by atoms with Gasteiger partial charge in [0.25, 0.3) is 5.91 Å². The monoisotopic (exact) mass is 303 g/mol.